The van der Waals surface area contributed by atoms with Crippen LogP contribution in [0.3, 0.4) is 0 Å². The number of piperidine rings is 1. The summed E-state index contributed by atoms with van der Waals surface area (Å²) in [7, 11) is 0. The molecule has 48 valence electrons. The van der Waals surface area contributed by atoms with Gasteiger partial charge in [-0.1, -0.05) is 0 Å². The average Bonchev–Trinajstić information content (AvgIpc) is 1.64. The molecule has 1 heterocycles. The lowest BCUT2D eigenvalue weighted by molar-refractivity contribution is -0.131. The Morgan fingerprint density at radius 2 is 2.25 bits per heavy atom. The van der Waals surface area contributed by atoms with Crippen molar-refractivity contribution in [1.29, 1.82) is 0 Å². The molecule has 0 amide bonds. The van der Waals surface area contributed by atoms with E-state index in [-0.39, 0.29) is 6.10 Å². The number of hydrogen-bond donors (Lipinski definition) is 2. The van der Waals surface area contributed by atoms with Crippen LogP contribution in [-0.2, 0) is 0 Å². The number of rotatable bonds is 0. The van der Waals surface area contributed by atoms with Gasteiger partial charge in [-0.05, 0) is 12.8 Å². The number of aliphatic hydroxyl groups is 1. The number of hydrogen-bond acceptors (Lipinski definition) is 3. The summed E-state index contributed by atoms with van der Waals surface area (Å²) < 4.78 is 0. The van der Waals surface area contributed by atoms with Crippen LogP contribution in [-0.4, -0.2) is 34.6 Å². The van der Waals surface area contributed by atoms with E-state index in [0.29, 0.717) is 13.1 Å². The third-order valence-electron chi connectivity index (χ3n) is 1.38. The molecule has 1 fully saturated rings. The van der Waals surface area contributed by atoms with Gasteiger partial charge in [0.25, 0.3) is 0 Å². The maximum Gasteiger partial charge on any atom is 0.0690 e. The average molecular weight is 117 g/mol. The van der Waals surface area contributed by atoms with E-state index < -0.39 is 0 Å². The molecule has 1 aliphatic heterocycles. The fourth-order valence-electron chi connectivity index (χ4n) is 0.935. The third-order valence-corrected chi connectivity index (χ3v) is 1.38. The molecule has 0 saturated carbocycles. The first kappa shape index (κ1) is 6.01. The first-order valence-electron chi connectivity index (χ1n) is 2.91. The molecule has 1 saturated heterocycles. The Morgan fingerprint density at radius 1 is 1.50 bits per heavy atom. The number of aliphatic hydroxyl groups excluding tert-OH is 1. The van der Waals surface area contributed by atoms with E-state index in [9.17, 15) is 0 Å². The van der Waals surface area contributed by atoms with Crippen LogP contribution in [0.4, 0.5) is 0 Å². The molecule has 1 unspecified atom stereocenters. The molecule has 1 aliphatic rings. The normalized spacial score (nSPS) is 33.0. The monoisotopic (exact) mass is 117 g/mol. The molecular formula is C5H11NO2. The summed E-state index contributed by atoms with van der Waals surface area (Å²) in [6.45, 7) is 1.12. The fraction of sp³-hybridized carbons (Fsp3) is 1.00. The van der Waals surface area contributed by atoms with Gasteiger partial charge in [0.2, 0.25) is 0 Å². The second kappa shape index (κ2) is 2.44. The highest BCUT2D eigenvalue weighted by Gasteiger charge is 2.14. The van der Waals surface area contributed by atoms with E-state index in [2.05, 4.69) is 0 Å². The predicted molar refractivity (Wildman–Crippen MR) is 28.6 cm³/mol. The summed E-state index contributed by atoms with van der Waals surface area (Å²) in [5, 5.41) is 18.8. The summed E-state index contributed by atoms with van der Waals surface area (Å²) in [5.74, 6) is 0. The van der Waals surface area contributed by atoms with Gasteiger partial charge in [0, 0.05) is 13.1 Å². The topological polar surface area (TPSA) is 43.7 Å². The zero-order valence-corrected chi connectivity index (χ0v) is 4.75. The van der Waals surface area contributed by atoms with Gasteiger partial charge in [-0.15, -0.1) is 0 Å². The maximum absolute atomic E-state index is 8.88. The van der Waals surface area contributed by atoms with Crippen LogP contribution in [0.15, 0.2) is 0 Å². The van der Waals surface area contributed by atoms with E-state index in [1.165, 1.54) is 0 Å². The zero-order valence-electron chi connectivity index (χ0n) is 4.75. The van der Waals surface area contributed by atoms with Gasteiger partial charge in [-0.2, -0.15) is 5.06 Å². The molecule has 0 aromatic rings. The van der Waals surface area contributed by atoms with Crippen molar-refractivity contribution < 1.29 is 10.3 Å². The van der Waals surface area contributed by atoms with Crippen LogP contribution in [0.5, 0.6) is 0 Å². The van der Waals surface area contributed by atoms with E-state index in [4.69, 9.17) is 10.3 Å². The van der Waals surface area contributed by atoms with Crippen LogP contribution in [0.25, 0.3) is 0 Å². The predicted octanol–water partition coefficient (Wildman–Crippen LogP) is -0.168. The Morgan fingerprint density at radius 3 is 2.62 bits per heavy atom. The summed E-state index contributed by atoms with van der Waals surface area (Å²) in [5.41, 5.74) is 0. The fourth-order valence-corrected chi connectivity index (χ4v) is 0.935. The van der Waals surface area contributed by atoms with Gasteiger partial charge in [0.05, 0.1) is 6.10 Å². The molecule has 8 heavy (non-hydrogen) atoms. The van der Waals surface area contributed by atoms with E-state index in [0.717, 1.165) is 17.9 Å². The molecule has 0 spiro atoms. The Kier molecular flexibility index (Phi) is 1.83. The Balaban J connectivity index is 2.23. The van der Waals surface area contributed by atoms with Crippen molar-refractivity contribution >= 4 is 0 Å². The minimum absolute atomic E-state index is 0.311. The summed E-state index contributed by atoms with van der Waals surface area (Å²) >= 11 is 0. The van der Waals surface area contributed by atoms with Crippen LogP contribution in [0.2, 0.25) is 0 Å². The lowest BCUT2D eigenvalue weighted by Crippen LogP contribution is -2.35. The zero-order chi connectivity index (χ0) is 5.98. The first-order chi connectivity index (χ1) is 3.79. The summed E-state index contributed by atoms with van der Waals surface area (Å²) in [4.78, 5) is 0. The Bertz CT molecular complexity index is 68.8. The van der Waals surface area contributed by atoms with Gasteiger partial charge < -0.3 is 10.3 Å². The summed E-state index contributed by atoms with van der Waals surface area (Å²) in [6.07, 6.45) is 1.42. The first-order valence-corrected chi connectivity index (χ1v) is 2.91. The van der Waals surface area contributed by atoms with Gasteiger partial charge in [0.1, 0.15) is 0 Å². The minimum Gasteiger partial charge on any atom is -0.392 e. The molecule has 0 bridgehead atoms. The van der Waals surface area contributed by atoms with Crippen molar-refractivity contribution in [3.8, 4) is 0 Å². The summed E-state index contributed by atoms with van der Waals surface area (Å²) in [6, 6.07) is 0. The molecular weight excluding hydrogens is 106 g/mol. The second-order valence-corrected chi connectivity index (χ2v) is 2.21. The highest BCUT2D eigenvalue weighted by atomic mass is 16.5. The largest absolute Gasteiger partial charge is 0.392 e. The van der Waals surface area contributed by atoms with Crippen LogP contribution in [0.1, 0.15) is 12.8 Å². The quantitative estimate of drug-likeness (QED) is 0.463. The SMILES string of the molecule is OC1CCCN(O)C1. The minimum atomic E-state index is -0.311. The molecule has 3 nitrogen and oxygen atoms in total. The molecule has 0 radical (unpaired) electrons. The molecule has 0 aliphatic carbocycles. The van der Waals surface area contributed by atoms with E-state index in [1.807, 2.05) is 0 Å². The van der Waals surface area contributed by atoms with Crippen molar-refractivity contribution in [2.24, 2.45) is 0 Å². The van der Waals surface area contributed by atoms with Gasteiger partial charge in [-0.3, -0.25) is 0 Å². The van der Waals surface area contributed by atoms with Gasteiger partial charge in [0.15, 0.2) is 0 Å². The lowest BCUT2D eigenvalue weighted by Gasteiger charge is -2.23. The van der Waals surface area contributed by atoms with Crippen molar-refractivity contribution in [2.75, 3.05) is 13.1 Å². The van der Waals surface area contributed by atoms with Gasteiger partial charge in [-0.25, -0.2) is 0 Å². The highest BCUT2D eigenvalue weighted by molar-refractivity contribution is 4.64. The second-order valence-electron chi connectivity index (χ2n) is 2.21. The number of nitrogens with zero attached hydrogens (tertiary/aromatic N) is 1. The molecule has 1 rings (SSSR count). The molecule has 0 aromatic carbocycles. The molecule has 1 atom stereocenters. The Hall–Kier alpha value is -0.120. The smallest absolute Gasteiger partial charge is 0.0690 e. The lowest BCUT2D eigenvalue weighted by atomic mass is 10.1. The maximum atomic E-state index is 8.88. The van der Waals surface area contributed by atoms with Crippen LogP contribution < -0.4 is 0 Å². The number of hydroxylamine groups is 2. The standard InChI is InChI=1S/C5H11NO2/c7-5-2-1-3-6(8)4-5/h5,7-8H,1-4H2. The van der Waals surface area contributed by atoms with Crippen LogP contribution in [0, 0.1) is 0 Å². The number of β-amino-alcohol motifs (C(OH)–C–C–N with tert-alkyl or cyclic N) is 1. The van der Waals surface area contributed by atoms with E-state index >= 15 is 0 Å². The van der Waals surface area contributed by atoms with Crippen molar-refractivity contribution in [3.05, 3.63) is 0 Å². The third kappa shape index (κ3) is 1.43. The van der Waals surface area contributed by atoms with Crippen molar-refractivity contribution in [3.63, 3.8) is 0 Å². The van der Waals surface area contributed by atoms with Crippen molar-refractivity contribution in [2.45, 2.75) is 18.9 Å². The van der Waals surface area contributed by atoms with Crippen LogP contribution >= 0.6 is 0 Å². The molecule has 0 aromatic heterocycles. The highest BCUT2D eigenvalue weighted by Crippen LogP contribution is 2.05. The van der Waals surface area contributed by atoms with Crippen molar-refractivity contribution in [1.82, 2.24) is 5.06 Å². The van der Waals surface area contributed by atoms with Gasteiger partial charge >= 0.3 is 0 Å². The van der Waals surface area contributed by atoms with E-state index in [1.54, 1.807) is 0 Å². The molecule has 2 N–H and O–H groups in total. The molecule has 3 heteroatoms. The Labute approximate surface area is 48.5 Å².